The third kappa shape index (κ3) is 5.00. The number of nitrogens with one attached hydrogen (secondary N) is 1. The molecule has 6 nitrogen and oxygen atoms in total. The Bertz CT molecular complexity index is 463. The Morgan fingerprint density at radius 1 is 1.28 bits per heavy atom. The highest BCUT2D eigenvalue weighted by Crippen LogP contribution is 2.20. The van der Waals surface area contributed by atoms with Crippen molar-refractivity contribution in [1.82, 2.24) is 9.03 Å². The van der Waals surface area contributed by atoms with Crippen LogP contribution >= 0.6 is 11.6 Å². The van der Waals surface area contributed by atoms with Gasteiger partial charge >= 0.3 is 0 Å². The topological polar surface area (TPSA) is 83.6 Å². The molecule has 1 aliphatic rings. The molecule has 1 rings (SSSR count). The van der Waals surface area contributed by atoms with Crippen molar-refractivity contribution in [3.05, 3.63) is 0 Å². The Morgan fingerprint density at radius 2 is 1.94 bits per heavy atom. The summed E-state index contributed by atoms with van der Waals surface area (Å²) in [5.74, 6) is -0.0605. The second-order valence-electron chi connectivity index (χ2n) is 4.39. The SMILES string of the molecule is CS(=O)(=O)NCC1CCCCN1S(=O)(=O)CCCl. The minimum absolute atomic E-state index is 0.0467. The standard InChI is InChI=1S/C9H19ClN2O4S2/c1-17(13,14)11-8-9-4-2-3-6-12(9)18(15,16)7-5-10/h9,11H,2-8H2,1H3. The molecular formula is C9H19ClN2O4S2. The second-order valence-corrected chi connectivity index (χ2v) is 8.64. The molecule has 0 aliphatic carbocycles. The molecule has 1 atom stereocenters. The number of rotatable bonds is 6. The Hall–Kier alpha value is 0.110. The first-order valence-electron chi connectivity index (χ1n) is 5.76. The predicted molar refractivity (Wildman–Crippen MR) is 71.7 cm³/mol. The van der Waals surface area contributed by atoms with Gasteiger partial charge in [0.2, 0.25) is 20.0 Å². The summed E-state index contributed by atoms with van der Waals surface area (Å²) in [6.45, 7) is 0.565. The van der Waals surface area contributed by atoms with Gasteiger partial charge in [0.25, 0.3) is 0 Å². The molecule has 18 heavy (non-hydrogen) atoms. The van der Waals surface area contributed by atoms with Crippen LogP contribution in [-0.2, 0) is 20.0 Å². The molecule has 0 amide bonds. The van der Waals surface area contributed by atoms with Gasteiger partial charge in [0.15, 0.2) is 0 Å². The fourth-order valence-electron chi connectivity index (χ4n) is 2.01. The van der Waals surface area contributed by atoms with Crippen LogP contribution < -0.4 is 4.72 Å². The van der Waals surface area contributed by atoms with Gasteiger partial charge in [0.1, 0.15) is 0 Å². The molecule has 0 radical (unpaired) electrons. The molecule has 0 aromatic rings. The maximum atomic E-state index is 12.0. The molecule has 1 aliphatic heterocycles. The van der Waals surface area contributed by atoms with E-state index in [0.717, 1.165) is 19.1 Å². The number of nitrogens with zero attached hydrogens (tertiary/aromatic N) is 1. The summed E-state index contributed by atoms with van der Waals surface area (Å²) in [6, 6.07) is -0.304. The summed E-state index contributed by atoms with van der Waals surface area (Å²) in [6.07, 6.45) is 3.44. The lowest BCUT2D eigenvalue weighted by atomic mass is 10.1. The molecule has 0 aromatic heterocycles. The minimum atomic E-state index is -3.38. The molecule has 9 heteroatoms. The van der Waals surface area contributed by atoms with Crippen LogP contribution in [0.25, 0.3) is 0 Å². The zero-order valence-electron chi connectivity index (χ0n) is 10.3. The largest absolute Gasteiger partial charge is 0.215 e. The fourth-order valence-corrected chi connectivity index (χ4v) is 4.56. The van der Waals surface area contributed by atoms with Crippen molar-refractivity contribution in [1.29, 1.82) is 0 Å². The van der Waals surface area contributed by atoms with Crippen LogP contribution in [0.2, 0.25) is 0 Å². The third-order valence-electron chi connectivity index (χ3n) is 2.85. The smallest absolute Gasteiger partial charge is 0.214 e. The van der Waals surface area contributed by atoms with E-state index in [0.29, 0.717) is 13.0 Å². The number of hydrogen-bond acceptors (Lipinski definition) is 4. The van der Waals surface area contributed by atoms with E-state index in [1.165, 1.54) is 4.31 Å². The van der Waals surface area contributed by atoms with E-state index in [4.69, 9.17) is 11.6 Å². The normalized spacial score (nSPS) is 23.1. The van der Waals surface area contributed by atoms with Crippen molar-refractivity contribution in [3.8, 4) is 0 Å². The molecular weight excluding hydrogens is 300 g/mol. The maximum Gasteiger partial charge on any atom is 0.215 e. The van der Waals surface area contributed by atoms with Crippen LogP contribution in [-0.4, -0.2) is 58.2 Å². The van der Waals surface area contributed by atoms with Gasteiger partial charge in [0.05, 0.1) is 12.0 Å². The first kappa shape index (κ1) is 16.2. The number of hydrogen-bond donors (Lipinski definition) is 1. The first-order valence-corrected chi connectivity index (χ1v) is 9.80. The lowest BCUT2D eigenvalue weighted by Gasteiger charge is -2.34. The van der Waals surface area contributed by atoms with E-state index in [-0.39, 0.29) is 24.2 Å². The van der Waals surface area contributed by atoms with Crippen LogP contribution in [0.3, 0.4) is 0 Å². The summed E-state index contributed by atoms with van der Waals surface area (Å²) >= 11 is 5.49. The minimum Gasteiger partial charge on any atom is -0.214 e. The Kier molecular flexibility index (Phi) is 5.85. The zero-order chi connectivity index (χ0) is 13.8. The van der Waals surface area contributed by atoms with Gasteiger partial charge in [-0.05, 0) is 12.8 Å². The third-order valence-corrected chi connectivity index (χ3v) is 5.87. The number of halogens is 1. The molecule has 1 fully saturated rings. The highest BCUT2D eigenvalue weighted by molar-refractivity contribution is 7.89. The van der Waals surface area contributed by atoms with Gasteiger partial charge in [-0.2, -0.15) is 4.31 Å². The molecule has 1 saturated heterocycles. The average molecular weight is 319 g/mol. The van der Waals surface area contributed by atoms with Gasteiger partial charge in [-0.25, -0.2) is 21.6 Å². The van der Waals surface area contributed by atoms with Crippen molar-refractivity contribution in [2.24, 2.45) is 0 Å². The Morgan fingerprint density at radius 3 is 2.50 bits per heavy atom. The highest BCUT2D eigenvalue weighted by Gasteiger charge is 2.31. The number of sulfonamides is 2. The van der Waals surface area contributed by atoms with E-state index >= 15 is 0 Å². The van der Waals surface area contributed by atoms with Crippen molar-refractivity contribution in [3.63, 3.8) is 0 Å². The lowest BCUT2D eigenvalue weighted by Crippen LogP contribution is -2.50. The molecule has 0 saturated carbocycles. The monoisotopic (exact) mass is 318 g/mol. The van der Waals surface area contributed by atoms with Crippen LogP contribution in [0.15, 0.2) is 0 Å². The van der Waals surface area contributed by atoms with E-state index < -0.39 is 20.0 Å². The molecule has 108 valence electrons. The van der Waals surface area contributed by atoms with Gasteiger partial charge in [-0.15, -0.1) is 11.6 Å². The van der Waals surface area contributed by atoms with Crippen molar-refractivity contribution in [2.75, 3.05) is 31.0 Å². The molecule has 0 bridgehead atoms. The van der Waals surface area contributed by atoms with Gasteiger partial charge < -0.3 is 0 Å². The highest BCUT2D eigenvalue weighted by atomic mass is 35.5. The predicted octanol–water partition coefficient (Wildman–Crippen LogP) is -0.0413. The number of piperidine rings is 1. The van der Waals surface area contributed by atoms with E-state index in [2.05, 4.69) is 4.72 Å². The Balaban J connectivity index is 2.74. The van der Waals surface area contributed by atoms with Crippen molar-refractivity contribution >= 4 is 31.6 Å². The summed E-state index contributed by atoms with van der Waals surface area (Å²) in [5.41, 5.74) is 0. The van der Waals surface area contributed by atoms with Gasteiger partial charge in [-0.3, -0.25) is 0 Å². The zero-order valence-corrected chi connectivity index (χ0v) is 12.7. The average Bonchev–Trinajstić information content (AvgIpc) is 2.26. The summed E-state index contributed by atoms with van der Waals surface area (Å²) < 4.78 is 49.8. The molecule has 1 heterocycles. The lowest BCUT2D eigenvalue weighted by molar-refractivity contribution is 0.253. The summed E-state index contributed by atoms with van der Waals surface area (Å²) in [5, 5.41) is 0. The van der Waals surface area contributed by atoms with E-state index in [1.54, 1.807) is 0 Å². The van der Waals surface area contributed by atoms with Crippen LogP contribution in [0.4, 0.5) is 0 Å². The Labute approximate surface area is 114 Å². The molecule has 0 spiro atoms. The van der Waals surface area contributed by atoms with E-state index in [1.807, 2.05) is 0 Å². The molecule has 1 unspecified atom stereocenters. The van der Waals surface area contributed by atoms with Crippen LogP contribution in [0.1, 0.15) is 19.3 Å². The van der Waals surface area contributed by atoms with Crippen LogP contribution in [0.5, 0.6) is 0 Å². The van der Waals surface area contributed by atoms with Gasteiger partial charge in [0, 0.05) is 25.0 Å². The fraction of sp³-hybridized carbons (Fsp3) is 1.00. The summed E-state index contributed by atoms with van der Waals surface area (Å²) in [7, 11) is -6.69. The van der Waals surface area contributed by atoms with Crippen molar-refractivity contribution < 1.29 is 16.8 Å². The first-order chi connectivity index (χ1) is 8.26. The van der Waals surface area contributed by atoms with E-state index in [9.17, 15) is 16.8 Å². The maximum absolute atomic E-state index is 12.0. The summed E-state index contributed by atoms with van der Waals surface area (Å²) in [4.78, 5) is 0. The van der Waals surface area contributed by atoms with Crippen LogP contribution in [0, 0.1) is 0 Å². The quantitative estimate of drug-likeness (QED) is 0.696. The van der Waals surface area contributed by atoms with Crippen molar-refractivity contribution in [2.45, 2.75) is 25.3 Å². The van der Waals surface area contributed by atoms with Gasteiger partial charge in [-0.1, -0.05) is 6.42 Å². The molecule has 1 N–H and O–H groups in total. The number of alkyl halides is 1. The molecule has 0 aromatic carbocycles. The second kappa shape index (κ2) is 6.51.